The van der Waals surface area contributed by atoms with Gasteiger partial charge in [-0.2, -0.15) is 8.78 Å². The van der Waals surface area contributed by atoms with E-state index in [1.165, 1.54) is 64.2 Å². The van der Waals surface area contributed by atoms with Gasteiger partial charge in [0.25, 0.3) is 6.08 Å². The summed E-state index contributed by atoms with van der Waals surface area (Å²) in [5.41, 5.74) is 0. The molecule has 4 heteroatoms. The Bertz CT molecular complexity index is 495. The highest BCUT2D eigenvalue weighted by Gasteiger charge is 2.32. The van der Waals surface area contributed by atoms with E-state index in [0.29, 0.717) is 24.2 Å². The normalized spacial score (nSPS) is 34.4. The van der Waals surface area contributed by atoms with E-state index in [4.69, 9.17) is 9.47 Å². The molecule has 0 aromatic rings. The number of allylic oxidation sites excluding steroid dienone is 1. The maximum atomic E-state index is 12.2. The van der Waals surface area contributed by atoms with Crippen LogP contribution in [-0.2, 0) is 9.47 Å². The van der Waals surface area contributed by atoms with Crippen molar-refractivity contribution < 1.29 is 18.3 Å². The van der Waals surface area contributed by atoms with E-state index in [9.17, 15) is 8.78 Å². The summed E-state index contributed by atoms with van der Waals surface area (Å²) in [4.78, 5) is 0. The minimum Gasteiger partial charge on any atom is -0.352 e. The lowest BCUT2D eigenvalue weighted by Crippen LogP contribution is -2.38. The Balaban J connectivity index is 1.20. The lowest BCUT2D eigenvalue weighted by Gasteiger charge is -2.37. The number of hydrogen-bond acceptors (Lipinski definition) is 2. The van der Waals surface area contributed by atoms with Crippen LogP contribution in [0.15, 0.2) is 12.2 Å². The van der Waals surface area contributed by atoms with Gasteiger partial charge in [-0.25, -0.2) is 0 Å². The van der Waals surface area contributed by atoms with Crippen LogP contribution in [0.2, 0.25) is 0 Å². The average Bonchev–Trinajstić information content (AvgIpc) is 2.79. The molecule has 2 aliphatic carbocycles. The Hall–Kier alpha value is -0.480. The first-order chi connectivity index (χ1) is 15.1. The fourth-order valence-corrected chi connectivity index (χ4v) is 6.26. The van der Waals surface area contributed by atoms with Crippen LogP contribution < -0.4 is 0 Å². The van der Waals surface area contributed by atoms with Gasteiger partial charge in [0.1, 0.15) is 0 Å². The van der Waals surface area contributed by atoms with Crippen LogP contribution >= 0.6 is 0 Å². The molecule has 0 spiro atoms. The second-order valence-corrected chi connectivity index (χ2v) is 10.7. The molecule has 1 heterocycles. The van der Waals surface area contributed by atoms with Gasteiger partial charge in [0, 0.05) is 11.8 Å². The molecule has 0 bridgehead atoms. The molecule has 0 amide bonds. The summed E-state index contributed by atoms with van der Waals surface area (Å²) < 4.78 is 36.6. The van der Waals surface area contributed by atoms with Crippen molar-refractivity contribution in [1.29, 1.82) is 0 Å². The SMILES string of the molecule is CCCC1CCC(CCCCC2COC(C3CCC(CCC=C(F)F)CC3)OC2)CC1. The second kappa shape index (κ2) is 13.9. The summed E-state index contributed by atoms with van der Waals surface area (Å²) in [6.45, 7) is 4.03. The standard InChI is InChI=1S/C27H46F2O2/c1-2-6-21-11-13-22(14-12-21)7-3-4-8-24-19-30-27(31-20-24)25-17-15-23(16-18-25)9-5-10-26(28)29/h10,21-25,27H,2-9,11-20H2,1H3. The second-order valence-electron chi connectivity index (χ2n) is 10.7. The summed E-state index contributed by atoms with van der Waals surface area (Å²) in [6.07, 6.45) is 19.4. The molecule has 0 unspecified atom stereocenters. The molecule has 1 saturated heterocycles. The summed E-state index contributed by atoms with van der Waals surface area (Å²) in [6, 6.07) is 0. The predicted octanol–water partition coefficient (Wildman–Crippen LogP) is 8.51. The van der Waals surface area contributed by atoms with Crippen molar-refractivity contribution in [3.05, 3.63) is 12.2 Å². The molecule has 3 fully saturated rings. The zero-order chi connectivity index (χ0) is 21.9. The summed E-state index contributed by atoms with van der Waals surface area (Å²) >= 11 is 0. The van der Waals surface area contributed by atoms with E-state index < -0.39 is 6.08 Å². The molecular weight excluding hydrogens is 394 g/mol. The van der Waals surface area contributed by atoms with E-state index in [0.717, 1.165) is 63.2 Å². The Labute approximate surface area is 189 Å². The molecule has 31 heavy (non-hydrogen) atoms. The fraction of sp³-hybridized carbons (Fsp3) is 0.926. The third-order valence-corrected chi connectivity index (χ3v) is 8.28. The highest BCUT2D eigenvalue weighted by molar-refractivity contribution is 4.83. The molecular formula is C27H46F2O2. The van der Waals surface area contributed by atoms with Crippen LogP contribution in [0.4, 0.5) is 8.78 Å². The Morgan fingerprint density at radius 2 is 1.23 bits per heavy atom. The van der Waals surface area contributed by atoms with Crippen LogP contribution in [0.1, 0.15) is 110 Å². The number of halogens is 2. The van der Waals surface area contributed by atoms with Crippen molar-refractivity contribution in [2.24, 2.45) is 29.6 Å². The lowest BCUT2D eigenvalue weighted by atomic mass is 9.78. The molecule has 180 valence electrons. The topological polar surface area (TPSA) is 18.5 Å². The first kappa shape index (κ1) is 25.1. The fourth-order valence-electron chi connectivity index (χ4n) is 6.26. The largest absolute Gasteiger partial charge is 0.352 e. The Kier molecular flexibility index (Phi) is 11.3. The summed E-state index contributed by atoms with van der Waals surface area (Å²) in [7, 11) is 0. The lowest BCUT2D eigenvalue weighted by molar-refractivity contribution is -0.230. The third-order valence-electron chi connectivity index (χ3n) is 8.28. The van der Waals surface area contributed by atoms with Crippen molar-refractivity contribution in [2.75, 3.05) is 13.2 Å². The maximum Gasteiger partial charge on any atom is 0.266 e. The summed E-state index contributed by atoms with van der Waals surface area (Å²) in [5.74, 6) is 3.65. The van der Waals surface area contributed by atoms with Gasteiger partial charge in [-0.15, -0.1) is 0 Å². The highest BCUT2D eigenvalue weighted by atomic mass is 19.3. The van der Waals surface area contributed by atoms with Crippen LogP contribution in [0, 0.1) is 29.6 Å². The molecule has 0 N–H and O–H groups in total. The van der Waals surface area contributed by atoms with Crippen LogP contribution in [-0.4, -0.2) is 19.5 Å². The molecule has 0 aromatic carbocycles. The summed E-state index contributed by atoms with van der Waals surface area (Å²) in [5, 5.41) is 0. The smallest absolute Gasteiger partial charge is 0.266 e. The first-order valence-electron chi connectivity index (χ1n) is 13.4. The molecule has 1 aliphatic heterocycles. The Morgan fingerprint density at radius 1 is 0.710 bits per heavy atom. The van der Waals surface area contributed by atoms with Gasteiger partial charge in [0.2, 0.25) is 0 Å². The molecule has 0 atom stereocenters. The zero-order valence-electron chi connectivity index (χ0n) is 19.8. The van der Waals surface area contributed by atoms with Gasteiger partial charge in [-0.3, -0.25) is 0 Å². The van der Waals surface area contributed by atoms with E-state index in [-0.39, 0.29) is 6.29 Å². The first-order valence-corrected chi connectivity index (χ1v) is 13.4. The average molecular weight is 441 g/mol. The van der Waals surface area contributed by atoms with Gasteiger partial charge in [-0.05, 0) is 68.8 Å². The minimum absolute atomic E-state index is 0.0290. The maximum absolute atomic E-state index is 12.2. The van der Waals surface area contributed by atoms with E-state index in [1.54, 1.807) is 0 Å². The monoisotopic (exact) mass is 440 g/mol. The van der Waals surface area contributed by atoms with Crippen LogP contribution in [0.3, 0.4) is 0 Å². The van der Waals surface area contributed by atoms with E-state index >= 15 is 0 Å². The molecule has 3 rings (SSSR count). The zero-order valence-corrected chi connectivity index (χ0v) is 19.8. The van der Waals surface area contributed by atoms with E-state index in [1.807, 2.05) is 0 Å². The van der Waals surface area contributed by atoms with Crippen LogP contribution in [0.25, 0.3) is 0 Å². The van der Waals surface area contributed by atoms with Crippen molar-refractivity contribution >= 4 is 0 Å². The van der Waals surface area contributed by atoms with Crippen molar-refractivity contribution in [3.63, 3.8) is 0 Å². The molecule has 0 aromatic heterocycles. The number of unbranched alkanes of at least 4 members (excludes halogenated alkanes) is 1. The van der Waals surface area contributed by atoms with Crippen molar-refractivity contribution in [2.45, 2.75) is 116 Å². The van der Waals surface area contributed by atoms with Gasteiger partial charge in [-0.1, -0.05) is 64.7 Å². The van der Waals surface area contributed by atoms with Gasteiger partial charge in [0.15, 0.2) is 6.29 Å². The van der Waals surface area contributed by atoms with Crippen molar-refractivity contribution in [3.8, 4) is 0 Å². The number of hydrogen-bond donors (Lipinski definition) is 0. The van der Waals surface area contributed by atoms with Gasteiger partial charge in [0.05, 0.1) is 13.2 Å². The van der Waals surface area contributed by atoms with Gasteiger partial charge < -0.3 is 9.47 Å². The quantitative estimate of drug-likeness (QED) is 0.300. The molecule has 2 saturated carbocycles. The molecule has 2 nitrogen and oxygen atoms in total. The Morgan fingerprint density at radius 3 is 1.81 bits per heavy atom. The van der Waals surface area contributed by atoms with Crippen molar-refractivity contribution in [1.82, 2.24) is 0 Å². The number of rotatable bonds is 11. The van der Waals surface area contributed by atoms with Crippen LogP contribution in [0.5, 0.6) is 0 Å². The van der Waals surface area contributed by atoms with Gasteiger partial charge >= 0.3 is 0 Å². The highest BCUT2D eigenvalue weighted by Crippen LogP contribution is 2.37. The molecule has 3 aliphatic rings. The minimum atomic E-state index is -1.54. The third kappa shape index (κ3) is 9.12. The van der Waals surface area contributed by atoms with E-state index in [2.05, 4.69) is 6.92 Å². The predicted molar refractivity (Wildman–Crippen MR) is 123 cm³/mol. The molecule has 0 radical (unpaired) electrons. The number of ether oxygens (including phenoxy) is 2.